The van der Waals surface area contributed by atoms with E-state index in [4.69, 9.17) is 0 Å². The molecule has 1 aliphatic rings. The second kappa shape index (κ2) is 8.32. The Hall–Kier alpha value is -2.74. The first-order valence-corrected chi connectivity index (χ1v) is 10.5. The van der Waals surface area contributed by atoms with Crippen LogP contribution in [0.2, 0.25) is 0 Å². The summed E-state index contributed by atoms with van der Waals surface area (Å²) >= 11 is 1.30. The number of hydrogen-bond donors (Lipinski definition) is 0. The molecule has 1 saturated carbocycles. The molecular weight excluding hydrogens is 389 g/mol. The predicted octanol–water partition coefficient (Wildman–Crippen LogP) is 3.70. The Bertz CT molecular complexity index is 1010. The van der Waals surface area contributed by atoms with Gasteiger partial charge in [-0.15, -0.1) is 5.10 Å². The van der Waals surface area contributed by atoms with E-state index in [1.807, 2.05) is 26.0 Å². The molecule has 1 heterocycles. The summed E-state index contributed by atoms with van der Waals surface area (Å²) in [5.41, 5.74) is 3.64. The zero-order valence-electron chi connectivity index (χ0n) is 16.4. The smallest absolute Gasteiger partial charge is 0.233 e. The number of rotatable bonds is 7. The molecule has 1 amide bonds. The molecule has 8 heteroatoms. The van der Waals surface area contributed by atoms with Crippen LogP contribution in [0.1, 0.15) is 29.5 Å². The van der Waals surface area contributed by atoms with Crippen molar-refractivity contribution >= 4 is 17.7 Å². The summed E-state index contributed by atoms with van der Waals surface area (Å²) in [5.74, 6) is -0.107. The van der Waals surface area contributed by atoms with Crippen LogP contribution in [0, 0.1) is 19.7 Å². The monoisotopic (exact) mass is 411 g/mol. The average Bonchev–Trinajstić information content (AvgIpc) is 3.41. The maximum absolute atomic E-state index is 14.0. The lowest BCUT2D eigenvalue weighted by atomic mass is 10.1. The van der Waals surface area contributed by atoms with E-state index in [1.54, 1.807) is 27.8 Å². The van der Waals surface area contributed by atoms with Crippen molar-refractivity contribution in [3.8, 4) is 5.69 Å². The minimum Gasteiger partial charge on any atom is -0.335 e. The van der Waals surface area contributed by atoms with E-state index in [2.05, 4.69) is 21.6 Å². The number of tetrazole rings is 1. The fourth-order valence-corrected chi connectivity index (χ4v) is 4.11. The first-order valence-electron chi connectivity index (χ1n) is 9.54. The van der Waals surface area contributed by atoms with Crippen LogP contribution >= 0.6 is 11.8 Å². The van der Waals surface area contributed by atoms with Gasteiger partial charge >= 0.3 is 0 Å². The molecule has 1 aliphatic carbocycles. The lowest BCUT2D eigenvalue weighted by Crippen LogP contribution is -2.34. The predicted molar refractivity (Wildman–Crippen MR) is 109 cm³/mol. The highest BCUT2D eigenvalue weighted by atomic mass is 32.2. The number of aromatic nitrogens is 4. The van der Waals surface area contributed by atoms with Crippen LogP contribution in [0.4, 0.5) is 4.39 Å². The van der Waals surface area contributed by atoms with Gasteiger partial charge in [-0.05, 0) is 66.4 Å². The number of carbonyl (C=O) groups excluding carboxylic acids is 1. The van der Waals surface area contributed by atoms with E-state index in [0.717, 1.165) is 29.7 Å². The van der Waals surface area contributed by atoms with Crippen molar-refractivity contribution in [3.63, 3.8) is 0 Å². The molecule has 0 saturated heterocycles. The van der Waals surface area contributed by atoms with E-state index in [9.17, 15) is 9.18 Å². The Labute approximate surface area is 173 Å². The summed E-state index contributed by atoms with van der Waals surface area (Å²) in [6, 6.07) is 12.9. The van der Waals surface area contributed by atoms with Crippen LogP contribution in [0.25, 0.3) is 5.69 Å². The second-order valence-electron chi connectivity index (χ2n) is 7.35. The van der Waals surface area contributed by atoms with Crippen molar-refractivity contribution in [2.24, 2.45) is 0 Å². The van der Waals surface area contributed by atoms with Crippen molar-refractivity contribution in [2.75, 3.05) is 5.75 Å². The average molecular weight is 412 g/mol. The van der Waals surface area contributed by atoms with Gasteiger partial charge in [-0.1, -0.05) is 36.0 Å². The topological polar surface area (TPSA) is 63.9 Å². The molecule has 0 N–H and O–H groups in total. The van der Waals surface area contributed by atoms with Crippen molar-refractivity contribution in [2.45, 2.75) is 44.4 Å². The van der Waals surface area contributed by atoms with Crippen LogP contribution in [0.15, 0.2) is 47.6 Å². The van der Waals surface area contributed by atoms with E-state index in [-0.39, 0.29) is 23.5 Å². The highest BCUT2D eigenvalue weighted by Crippen LogP contribution is 2.30. The highest BCUT2D eigenvalue weighted by molar-refractivity contribution is 7.99. The van der Waals surface area contributed by atoms with Crippen molar-refractivity contribution in [3.05, 3.63) is 65.0 Å². The van der Waals surface area contributed by atoms with Gasteiger partial charge in [-0.3, -0.25) is 4.79 Å². The number of thioether (sulfide) groups is 1. The summed E-state index contributed by atoms with van der Waals surface area (Å²) in [6.07, 6.45) is 1.93. The van der Waals surface area contributed by atoms with Crippen LogP contribution in [0.5, 0.6) is 0 Å². The Balaban J connectivity index is 1.47. The van der Waals surface area contributed by atoms with E-state index in [0.29, 0.717) is 17.3 Å². The third-order valence-electron chi connectivity index (χ3n) is 4.82. The Kier molecular flexibility index (Phi) is 5.62. The first-order chi connectivity index (χ1) is 14.0. The minimum absolute atomic E-state index is 0.0317. The van der Waals surface area contributed by atoms with Crippen LogP contribution in [0.3, 0.4) is 0 Å². The maximum Gasteiger partial charge on any atom is 0.233 e. The molecule has 1 aromatic heterocycles. The molecule has 29 heavy (non-hydrogen) atoms. The van der Waals surface area contributed by atoms with Gasteiger partial charge in [0.05, 0.1) is 11.4 Å². The summed E-state index contributed by atoms with van der Waals surface area (Å²) in [7, 11) is 0. The van der Waals surface area contributed by atoms with Crippen molar-refractivity contribution in [1.29, 1.82) is 0 Å². The van der Waals surface area contributed by atoms with Gasteiger partial charge in [0, 0.05) is 18.2 Å². The molecule has 4 rings (SSSR count). The third kappa shape index (κ3) is 4.64. The van der Waals surface area contributed by atoms with Crippen molar-refractivity contribution < 1.29 is 9.18 Å². The first kappa shape index (κ1) is 19.6. The highest BCUT2D eigenvalue weighted by Gasteiger charge is 2.33. The van der Waals surface area contributed by atoms with Crippen LogP contribution in [-0.2, 0) is 11.3 Å². The second-order valence-corrected chi connectivity index (χ2v) is 8.29. The molecule has 0 atom stereocenters. The zero-order valence-corrected chi connectivity index (χ0v) is 17.2. The fourth-order valence-electron chi connectivity index (χ4n) is 3.33. The van der Waals surface area contributed by atoms with E-state index < -0.39 is 0 Å². The lowest BCUT2D eigenvalue weighted by molar-refractivity contribution is -0.129. The van der Waals surface area contributed by atoms with E-state index >= 15 is 0 Å². The normalized spacial score (nSPS) is 13.5. The number of nitrogens with zero attached hydrogens (tertiary/aromatic N) is 5. The fraction of sp³-hybridized carbons (Fsp3) is 0.333. The molecule has 0 bridgehead atoms. The van der Waals surface area contributed by atoms with Gasteiger partial charge in [0.25, 0.3) is 0 Å². The molecule has 1 fully saturated rings. The number of aryl methyl sites for hydroxylation is 2. The van der Waals surface area contributed by atoms with Gasteiger partial charge in [-0.2, -0.15) is 4.68 Å². The number of hydrogen-bond acceptors (Lipinski definition) is 5. The van der Waals surface area contributed by atoms with Crippen LogP contribution < -0.4 is 0 Å². The minimum atomic E-state index is -0.280. The third-order valence-corrected chi connectivity index (χ3v) is 5.73. The van der Waals surface area contributed by atoms with Crippen molar-refractivity contribution in [1.82, 2.24) is 25.1 Å². The quantitative estimate of drug-likeness (QED) is 0.555. The van der Waals surface area contributed by atoms with E-state index in [1.165, 1.54) is 17.8 Å². The Morgan fingerprint density at radius 2 is 1.93 bits per heavy atom. The molecular formula is C21H22FN5OS. The van der Waals surface area contributed by atoms with Gasteiger partial charge in [-0.25, -0.2) is 4.39 Å². The Morgan fingerprint density at radius 3 is 2.62 bits per heavy atom. The van der Waals surface area contributed by atoms with Gasteiger partial charge in [0.2, 0.25) is 11.1 Å². The molecule has 0 radical (unpaired) electrons. The number of benzene rings is 2. The van der Waals surface area contributed by atoms with Gasteiger partial charge in [0.15, 0.2) is 0 Å². The van der Waals surface area contributed by atoms with Crippen LogP contribution in [-0.4, -0.2) is 42.8 Å². The number of carbonyl (C=O) groups is 1. The standard InChI is InChI=1S/C21H22FN5OS/c1-14-9-15(2)11-18(10-14)27-21(23-24-25-27)29-13-20(28)26(17-7-8-17)12-16-5-3-4-6-19(16)22/h3-6,9-11,17H,7-8,12-13H2,1-2H3. The molecule has 0 unspecified atom stereocenters. The molecule has 6 nitrogen and oxygen atoms in total. The molecule has 0 spiro atoms. The summed E-state index contributed by atoms with van der Waals surface area (Å²) in [6.45, 7) is 4.33. The molecule has 2 aromatic carbocycles. The maximum atomic E-state index is 14.0. The molecule has 3 aromatic rings. The van der Waals surface area contributed by atoms with Gasteiger partial charge < -0.3 is 4.90 Å². The lowest BCUT2D eigenvalue weighted by Gasteiger charge is -2.22. The summed E-state index contributed by atoms with van der Waals surface area (Å²) in [4.78, 5) is 14.7. The number of halogens is 1. The molecule has 150 valence electrons. The zero-order chi connectivity index (χ0) is 20.4. The largest absolute Gasteiger partial charge is 0.335 e. The van der Waals surface area contributed by atoms with Gasteiger partial charge in [0.1, 0.15) is 5.82 Å². The molecule has 0 aliphatic heterocycles. The Morgan fingerprint density at radius 1 is 1.21 bits per heavy atom. The summed E-state index contributed by atoms with van der Waals surface area (Å²) < 4.78 is 15.7. The number of amides is 1. The SMILES string of the molecule is Cc1cc(C)cc(-n2nnnc2SCC(=O)N(Cc2ccccc2F)C2CC2)c1. The summed E-state index contributed by atoms with van der Waals surface area (Å²) in [5, 5.41) is 12.5.